The van der Waals surface area contributed by atoms with Gasteiger partial charge in [0.2, 0.25) is 17.8 Å². The van der Waals surface area contributed by atoms with Crippen molar-refractivity contribution in [1.29, 1.82) is 0 Å². The zero-order valence-corrected chi connectivity index (χ0v) is 21.2. The first-order valence-electron chi connectivity index (χ1n) is 12.4. The normalized spacial score (nSPS) is 20.2. The number of morpholine rings is 1. The maximum Gasteiger partial charge on any atom is 0.419 e. The largest absolute Gasteiger partial charge is 0.419 e. The Balaban J connectivity index is 1.42. The average molecular weight is 549 g/mol. The zero-order chi connectivity index (χ0) is 27.7. The molecule has 1 aromatic carbocycles. The number of carbonyl (C=O) groups excluding carboxylic acids is 1. The number of hydrogen-bond acceptors (Lipinski definition) is 8. The smallest absolute Gasteiger partial charge is 0.378 e. The van der Waals surface area contributed by atoms with Crippen LogP contribution >= 0.6 is 0 Å². The predicted molar refractivity (Wildman–Crippen MR) is 139 cm³/mol. The lowest BCUT2D eigenvalue weighted by Gasteiger charge is -2.35. The van der Waals surface area contributed by atoms with Crippen LogP contribution in [-0.4, -0.2) is 77.0 Å². The molecule has 0 saturated carbocycles. The van der Waals surface area contributed by atoms with Gasteiger partial charge in [-0.05, 0) is 18.2 Å². The summed E-state index contributed by atoms with van der Waals surface area (Å²) in [5.41, 5.74) is 1.85. The summed E-state index contributed by atoms with van der Waals surface area (Å²) in [6.45, 7) is 6.39. The van der Waals surface area contributed by atoms with Gasteiger partial charge in [-0.2, -0.15) is 13.2 Å². The van der Waals surface area contributed by atoms with Crippen LogP contribution in [0.5, 0.6) is 0 Å². The highest BCUT2D eigenvalue weighted by atomic mass is 19.4. The summed E-state index contributed by atoms with van der Waals surface area (Å²) in [5, 5.41) is 5.80. The van der Waals surface area contributed by atoms with Gasteiger partial charge in [0.1, 0.15) is 6.17 Å². The second-order valence-electron chi connectivity index (χ2n) is 9.49. The van der Waals surface area contributed by atoms with E-state index in [0.717, 1.165) is 11.2 Å². The number of fused-ring (bicyclic) bond motifs is 1. The third kappa shape index (κ3) is 5.75. The summed E-state index contributed by atoms with van der Waals surface area (Å²) >= 11 is 0. The number of aryl methyl sites for hydroxylation is 1. The van der Waals surface area contributed by atoms with Crippen LogP contribution in [-0.2, 0) is 22.8 Å². The molecule has 0 aliphatic carbocycles. The Bertz CT molecular complexity index is 1350. The lowest BCUT2D eigenvalue weighted by Crippen LogP contribution is -2.48. The molecule has 3 aromatic rings. The van der Waals surface area contributed by atoms with Crippen LogP contribution in [0.2, 0.25) is 0 Å². The first-order valence-corrected chi connectivity index (χ1v) is 12.4. The number of nitrogens with one attached hydrogen (secondary N) is 2. The summed E-state index contributed by atoms with van der Waals surface area (Å²) in [6.07, 6.45) is -3.02. The molecule has 1 amide bonds. The van der Waals surface area contributed by atoms with Crippen LogP contribution in [0.4, 0.5) is 40.8 Å². The van der Waals surface area contributed by atoms with Gasteiger partial charge in [-0.25, -0.2) is 19.3 Å². The van der Waals surface area contributed by atoms with Gasteiger partial charge in [-0.1, -0.05) is 6.58 Å². The van der Waals surface area contributed by atoms with Crippen LogP contribution in [0, 0.1) is 0 Å². The summed E-state index contributed by atoms with van der Waals surface area (Å²) in [5.74, 6) is 0.160. The molecular formula is C25H28F4N8O2. The monoisotopic (exact) mass is 548 g/mol. The molecule has 2 N–H and O–H groups in total. The highest BCUT2D eigenvalue weighted by Crippen LogP contribution is 2.35. The number of rotatable bonds is 6. The number of nitrogens with zero attached hydrogens (tertiary/aromatic N) is 6. The first kappa shape index (κ1) is 26.7. The van der Waals surface area contributed by atoms with Gasteiger partial charge >= 0.3 is 6.18 Å². The molecule has 4 heterocycles. The number of amides is 1. The molecule has 0 bridgehead atoms. The lowest BCUT2D eigenvalue weighted by molar-refractivity contribution is -0.138. The van der Waals surface area contributed by atoms with Crippen LogP contribution in [0.25, 0.3) is 11.0 Å². The van der Waals surface area contributed by atoms with Gasteiger partial charge in [-0.15, -0.1) is 0 Å². The van der Waals surface area contributed by atoms with Gasteiger partial charge in [0.25, 0.3) is 0 Å². The predicted octanol–water partition coefficient (Wildman–Crippen LogP) is 3.37. The molecule has 208 valence electrons. The number of imidazole rings is 1. The number of halogens is 4. The molecule has 2 fully saturated rings. The van der Waals surface area contributed by atoms with Gasteiger partial charge in [0.05, 0.1) is 47.7 Å². The molecule has 5 rings (SSSR count). The number of aromatic nitrogens is 4. The molecule has 14 heteroatoms. The maximum atomic E-state index is 14.8. The Kier molecular flexibility index (Phi) is 7.30. The van der Waals surface area contributed by atoms with E-state index in [0.29, 0.717) is 62.4 Å². The second kappa shape index (κ2) is 10.7. The van der Waals surface area contributed by atoms with Gasteiger partial charge in [0.15, 0.2) is 0 Å². The maximum absolute atomic E-state index is 14.8. The molecule has 2 aliphatic heterocycles. The topological polar surface area (TPSA) is 100 Å². The Labute approximate surface area is 221 Å². The van der Waals surface area contributed by atoms with E-state index in [4.69, 9.17) is 9.72 Å². The minimum atomic E-state index is -4.54. The SMILES string of the molecule is C=CC(=O)Nc1cc2nc(N3C[C@H](F)C[C@@H](Nc4ncc(C(F)(F)F)cn4)C3)n(C)c2cc1N1CCOCC1. The first-order chi connectivity index (χ1) is 18.6. The number of piperidine rings is 1. The summed E-state index contributed by atoms with van der Waals surface area (Å²) < 4.78 is 60.7. The van der Waals surface area contributed by atoms with Crippen molar-refractivity contribution in [2.45, 2.75) is 24.8 Å². The van der Waals surface area contributed by atoms with Crippen molar-refractivity contribution < 1.29 is 27.1 Å². The lowest BCUT2D eigenvalue weighted by atomic mass is 10.0. The van der Waals surface area contributed by atoms with Crippen molar-refractivity contribution >= 4 is 40.2 Å². The molecule has 10 nitrogen and oxygen atoms in total. The Morgan fingerprint density at radius 1 is 1.15 bits per heavy atom. The highest BCUT2D eigenvalue weighted by Gasteiger charge is 2.33. The van der Waals surface area contributed by atoms with E-state index in [2.05, 4.69) is 32.1 Å². The van der Waals surface area contributed by atoms with E-state index >= 15 is 0 Å². The Morgan fingerprint density at radius 3 is 2.54 bits per heavy atom. The Morgan fingerprint density at radius 2 is 1.87 bits per heavy atom. The summed E-state index contributed by atoms with van der Waals surface area (Å²) in [4.78, 5) is 28.3. The van der Waals surface area contributed by atoms with Crippen molar-refractivity contribution in [3.05, 3.63) is 42.7 Å². The molecule has 2 aromatic heterocycles. The summed E-state index contributed by atoms with van der Waals surface area (Å²) in [7, 11) is 1.83. The van der Waals surface area contributed by atoms with E-state index in [1.165, 1.54) is 6.08 Å². The molecule has 2 aliphatic rings. The average Bonchev–Trinajstić information content (AvgIpc) is 3.23. The second-order valence-corrected chi connectivity index (χ2v) is 9.49. The fourth-order valence-electron chi connectivity index (χ4n) is 4.88. The van der Waals surface area contributed by atoms with E-state index in [9.17, 15) is 22.4 Å². The van der Waals surface area contributed by atoms with Crippen molar-refractivity contribution in [2.75, 3.05) is 59.8 Å². The van der Waals surface area contributed by atoms with Gasteiger partial charge < -0.3 is 29.7 Å². The van der Waals surface area contributed by atoms with Gasteiger partial charge in [0, 0.05) is 51.5 Å². The quantitative estimate of drug-likeness (QED) is 0.357. The van der Waals surface area contributed by atoms with Crippen molar-refractivity contribution in [3.8, 4) is 0 Å². The number of ether oxygens (including phenoxy) is 1. The minimum Gasteiger partial charge on any atom is -0.378 e. The standard InChI is InChI=1S/C25H28F4N8O2/c1-3-22(38)33-19-9-18-20(10-21(19)36-4-6-39-7-5-36)35(2)24(34-18)37-13-16(26)8-17(14-37)32-23-30-11-15(12-31-23)25(27,28)29/h3,9-12,16-17H,1,4-8,13-14H2,2H3,(H,33,38)(H,30,31,32)/t16-,17-/m1/s1. The Hall–Kier alpha value is -3.94. The van der Waals surface area contributed by atoms with E-state index in [1.807, 2.05) is 17.7 Å². The van der Waals surface area contributed by atoms with Crippen LogP contribution in [0.1, 0.15) is 12.0 Å². The molecule has 2 atom stereocenters. The number of alkyl halides is 4. The van der Waals surface area contributed by atoms with Crippen molar-refractivity contribution in [2.24, 2.45) is 7.05 Å². The van der Waals surface area contributed by atoms with E-state index in [1.54, 1.807) is 11.0 Å². The van der Waals surface area contributed by atoms with E-state index in [-0.39, 0.29) is 24.8 Å². The fourth-order valence-corrected chi connectivity index (χ4v) is 4.88. The molecule has 2 saturated heterocycles. The minimum absolute atomic E-state index is 0.00944. The number of benzene rings is 1. The fraction of sp³-hybridized carbons (Fsp3) is 0.440. The summed E-state index contributed by atoms with van der Waals surface area (Å²) in [6, 6.07) is 3.27. The molecule has 39 heavy (non-hydrogen) atoms. The van der Waals surface area contributed by atoms with E-state index < -0.39 is 24.0 Å². The molecule has 0 spiro atoms. The highest BCUT2D eigenvalue weighted by molar-refractivity contribution is 6.03. The number of hydrogen-bond donors (Lipinski definition) is 2. The van der Waals surface area contributed by atoms with Crippen LogP contribution in [0.3, 0.4) is 0 Å². The number of anilines is 4. The number of carbonyl (C=O) groups is 1. The van der Waals surface area contributed by atoms with Crippen LogP contribution in [0.15, 0.2) is 37.2 Å². The van der Waals surface area contributed by atoms with Gasteiger partial charge in [-0.3, -0.25) is 4.79 Å². The third-order valence-electron chi connectivity index (χ3n) is 6.76. The molecule has 0 radical (unpaired) electrons. The zero-order valence-electron chi connectivity index (χ0n) is 21.2. The van der Waals surface area contributed by atoms with Crippen LogP contribution < -0.4 is 20.4 Å². The molecular weight excluding hydrogens is 520 g/mol. The van der Waals surface area contributed by atoms with Crippen molar-refractivity contribution in [1.82, 2.24) is 19.5 Å². The third-order valence-corrected chi connectivity index (χ3v) is 6.76. The molecule has 0 unspecified atom stereocenters. The van der Waals surface area contributed by atoms with Crippen molar-refractivity contribution in [3.63, 3.8) is 0 Å².